The first-order valence-electron chi connectivity index (χ1n) is 8.50. The molecule has 1 aliphatic heterocycles. The van der Waals surface area contributed by atoms with E-state index in [0.717, 1.165) is 28.6 Å². The third kappa shape index (κ3) is 6.81. The minimum absolute atomic E-state index is 0.0989. The smallest absolute Gasteiger partial charge is 0.321 e. The normalized spacial score (nSPS) is 17.9. The molecule has 0 saturated carbocycles. The number of benzene rings is 1. The van der Waals surface area contributed by atoms with Gasteiger partial charge in [0.2, 0.25) is 0 Å². The van der Waals surface area contributed by atoms with Gasteiger partial charge in [0.15, 0.2) is 0 Å². The van der Waals surface area contributed by atoms with Gasteiger partial charge < -0.3 is 20.3 Å². The lowest BCUT2D eigenvalue weighted by Gasteiger charge is -2.33. The summed E-state index contributed by atoms with van der Waals surface area (Å²) in [6, 6.07) is 7.68. The molecule has 0 aromatic heterocycles. The first-order chi connectivity index (χ1) is 11.7. The van der Waals surface area contributed by atoms with Crippen LogP contribution in [-0.2, 0) is 9.53 Å². The molecule has 0 spiro atoms. The predicted molar refractivity (Wildman–Crippen MR) is 107 cm³/mol. The second kappa shape index (κ2) is 8.84. The van der Waals surface area contributed by atoms with Gasteiger partial charge in [-0.1, -0.05) is 12.1 Å². The van der Waals surface area contributed by atoms with E-state index < -0.39 is 5.60 Å². The van der Waals surface area contributed by atoms with Crippen LogP contribution in [0.3, 0.4) is 0 Å². The lowest BCUT2D eigenvalue weighted by molar-refractivity contribution is -0.153. The highest BCUT2D eigenvalue weighted by atomic mass is 127. The third-order valence-electron chi connectivity index (χ3n) is 3.78. The van der Waals surface area contributed by atoms with Crippen LogP contribution < -0.4 is 10.6 Å². The van der Waals surface area contributed by atoms with E-state index in [4.69, 9.17) is 4.74 Å². The van der Waals surface area contributed by atoms with Crippen molar-refractivity contribution in [2.24, 2.45) is 0 Å². The molecule has 2 amide bonds. The quantitative estimate of drug-likeness (QED) is 0.536. The van der Waals surface area contributed by atoms with Crippen molar-refractivity contribution < 1.29 is 14.3 Å². The number of urea groups is 1. The molecule has 2 rings (SSSR count). The van der Waals surface area contributed by atoms with Crippen LogP contribution in [0.2, 0.25) is 0 Å². The number of carbonyl (C=O) groups is 2. The number of amides is 2. The van der Waals surface area contributed by atoms with Crippen LogP contribution in [-0.4, -0.2) is 48.2 Å². The van der Waals surface area contributed by atoms with Crippen LogP contribution in [0.4, 0.5) is 10.5 Å². The van der Waals surface area contributed by atoms with Crippen molar-refractivity contribution in [1.29, 1.82) is 0 Å². The van der Waals surface area contributed by atoms with Gasteiger partial charge >= 0.3 is 12.0 Å². The number of para-hydroxylation sites is 1. The van der Waals surface area contributed by atoms with E-state index in [2.05, 4.69) is 33.2 Å². The average Bonchev–Trinajstić information content (AvgIpc) is 2.54. The molecular weight excluding hydrogens is 433 g/mol. The molecule has 6 nitrogen and oxygen atoms in total. The summed E-state index contributed by atoms with van der Waals surface area (Å²) in [5, 5.41) is 6.16. The number of rotatable bonds is 4. The minimum Gasteiger partial charge on any atom is -0.459 e. The van der Waals surface area contributed by atoms with E-state index >= 15 is 0 Å². The van der Waals surface area contributed by atoms with Crippen molar-refractivity contribution in [1.82, 2.24) is 10.2 Å². The van der Waals surface area contributed by atoms with E-state index in [9.17, 15) is 9.59 Å². The highest BCUT2D eigenvalue weighted by molar-refractivity contribution is 14.1. The molecule has 1 aliphatic rings. The third-order valence-corrected chi connectivity index (χ3v) is 4.72. The number of hydrogen-bond donors (Lipinski definition) is 2. The molecule has 0 unspecified atom stereocenters. The van der Waals surface area contributed by atoms with Gasteiger partial charge in [0.25, 0.3) is 0 Å². The number of hydrogen-bond acceptors (Lipinski definition) is 4. The van der Waals surface area contributed by atoms with Gasteiger partial charge in [-0.15, -0.1) is 0 Å². The number of nitrogens with one attached hydrogen (secondary N) is 2. The maximum absolute atomic E-state index is 12.5. The number of nitrogens with zero attached hydrogens (tertiary/aromatic N) is 1. The number of piperidine rings is 1. The van der Waals surface area contributed by atoms with E-state index in [0.29, 0.717) is 6.54 Å². The highest BCUT2D eigenvalue weighted by Gasteiger charge is 2.25. The molecule has 2 N–H and O–H groups in total. The van der Waals surface area contributed by atoms with Crippen LogP contribution in [0.1, 0.15) is 33.6 Å². The standard InChI is InChI=1S/C18H26IN3O3/c1-18(2,3)25-16(23)11-20-13-7-6-10-22(12-13)17(24)21-15-9-5-4-8-14(15)19/h4-5,8-9,13,20H,6-7,10-12H2,1-3H3,(H,21,24)/t13-/m0/s1. The van der Waals surface area contributed by atoms with Crippen molar-refractivity contribution in [2.75, 3.05) is 25.0 Å². The van der Waals surface area contributed by atoms with Crippen LogP contribution >= 0.6 is 22.6 Å². The molecule has 1 aromatic carbocycles. The van der Waals surface area contributed by atoms with Gasteiger partial charge in [-0.05, 0) is 68.3 Å². The molecule has 1 fully saturated rings. The molecule has 1 atom stereocenters. The Labute approximate surface area is 162 Å². The summed E-state index contributed by atoms with van der Waals surface area (Å²) in [5.74, 6) is -0.270. The van der Waals surface area contributed by atoms with E-state index in [1.54, 1.807) is 4.90 Å². The maximum atomic E-state index is 12.5. The summed E-state index contributed by atoms with van der Waals surface area (Å²) in [4.78, 5) is 26.1. The first-order valence-corrected chi connectivity index (χ1v) is 9.58. The Morgan fingerprint density at radius 2 is 2.04 bits per heavy atom. The zero-order chi connectivity index (χ0) is 18.4. The average molecular weight is 459 g/mol. The van der Waals surface area contributed by atoms with Crippen LogP contribution in [0.15, 0.2) is 24.3 Å². The van der Waals surface area contributed by atoms with Crippen LogP contribution in [0.25, 0.3) is 0 Å². The summed E-state index contributed by atoms with van der Waals surface area (Å²) in [5.41, 5.74) is 0.335. The largest absolute Gasteiger partial charge is 0.459 e. The van der Waals surface area contributed by atoms with Gasteiger partial charge in [-0.2, -0.15) is 0 Å². The molecule has 0 radical (unpaired) electrons. The lowest BCUT2D eigenvalue weighted by Crippen LogP contribution is -2.50. The number of esters is 1. The predicted octanol–water partition coefficient (Wildman–Crippen LogP) is 3.22. The number of ether oxygens (including phenoxy) is 1. The highest BCUT2D eigenvalue weighted by Crippen LogP contribution is 2.18. The van der Waals surface area contributed by atoms with Crippen LogP contribution in [0, 0.1) is 3.57 Å². The van der Waals surface area contributed by atoms with Crippen molar-refractivity contribution in [3.8, 4) is 0 Å². The van der Waals surface area contributed by atoms with Crippen molar-refractivity contribution >= 4 is 40.3 Å². The second-order valence-electron chi connectivity index (χ2n) is 7.16. The number of likely N-dealkylation sites (tertiary alicyclic amines) is 1. The van der Waals surface area contributed by atoms with Gasteiger partial charge in [0.1, 0.15) is 5.60 Å². The Kier molecular flexibility index (Phi) is 7.06. The van der Waals surface area contributed by atoms with E-state index in [1.807, 2.05) is 45.0 Å². The maximum Gasteiger partial charge on any atom is 0.321 e. The zero-order valence-electron chi connectivity index (χ0n) is 15.0. The van der Waals surface area contributed by atoms with Gasteiger partial charge in [0, 0.05) is 22.7 Å². The molecule has 0 bridgehead atoms. The molecule has 25 heavy (non-hydrogen) atoms. The van der Waals surface area contributed by atoms with E-state index in [-0.39, 0.29) is 24.6 Å². The van der Waals surface area contributed by atoms with Gasteiger partial charge in [-0.25, -0.2) is 4.79 Å². The Morgan fingerprint density at radius 1 is 1.32 bits per heavy atom. The Bertz CT molecular complexity index is 616. The fourth-order valence-electron chi connectivity index (χ4n) is 2.69. The zero-order valence-corrected chi connectivity index (χ0v) is 17.1. The summed E-state index contributed by atoms with van der Waals surface area (Å²) in [6.45, 7) is 7.01. The van der Waals surface area contributed by atoms with Crippen LogP contribution in [0.5, 0.6) is 0 Å². The minimum atomic E-state index is -0.482. The Balaban J connectivity index is 1.83. The van der Waals surface area contributed by atoms with Crippen molar-refractivity contribution in [3.63, 3.8) is 0 Å². The molecular formula is C18H26IN3O3. The van der Waals surface area contributed by atoms with E-state index in [1.165, 1.54) is 0 Å². The molecule has 1 saturated heterocycles. The number of anilines is 1. The molecule has 7 heteroatoms. The topological polar surface area (TPSA) is 70.7 Å². The Morgan fingerprint density at radius 3 is 2.72 bits per heavy atom. The second-order valence-corrected chi connectivity index (χ2v) is 8.32. The number of carbonyl (C=O) groups excluding carboxylic acids is 2. The van der Waals surface area contributed by atoms with Gasteiger partial charge in [0.05, 0.1) is 12.2 Å². The fourth-order valence-corrected chi connectivity index (χ4v) is 3.21. The molecule has 1 heterocycles. The summed E-state index contributed by atoms with van der Waals surface area (Å²) >= 11 is 2.20. The molecule has 0 aliphatic carbocycles. The molecule has 138 valence electrons. The summed E-state index contributed by atoms with van der Waals surface area (Å²) < 4.78 is 6.30. The Hall–Kier alpha value is -1.35. The van der Waals surface area contributed by atoms with Gasteiger partial charge in [-0.3, -0.25) is 4.79 Å². The molecule has 1 aromatic rings. The monoisotopic (exact) mass is 459 g/mol. The summed E-state index contributed by atoms with van der Waals surface area (Å²) in [6.07, 6.45) is 1.85. The van der Waals surface area contributed by atoms with Crippen molar-refractivity contribution in [2.45, 2.75) is 45.3 Å². The first kappa shape index (κ1) is 20.0. The fraction of sp³-hybridized carbons (Fsp3) is 0.556. The summed E-state index contributed by atoms with van der Waals surface area (Å²) in [7, 11) is 0. The lowest BCUT2D eigenvalue weighted by atomic mass is 10.1. The van der Waals surface area contributed by atoms with Crippen molar-refractivity contribution in [3.05, 3.63) is 27.8 Å². The number of halogens is 1. The SMILES string of the molecule is CC(C)(C)OC(=O)CN[C@H]1CCCN(C(=O)Nc2ccccc2I)C1.